The van der Waals surface area contributed by atoms with Gasteiger partial charge in [0.25, 0.3) is 0 Å². The molecule has 0 saturated heterocycles. The maximum Gasteiger partial charge on any atom is 0.131 e. The van der Waals surface area contributed by atoms with Crippen LogP contribution < -0.4 is 21.6 Å². The van der Waals surface area contributed by atoms with Crippen LogP contribution in [-0.2, 0) is 12.0 Å². The van der Waals surface area contributed by atoms with Crippen molar-refractivity contribution in [2.75, 3.05) is 17.2 Å². The first-order valence-electron chi connectivity index (χ1n) is 13.7. The molecule has 220 valence electrons. The first-order valence-corrected chi connectivity index (χ1v) is 13.7. The summed E-state index contributed by atoms with van der Waals surface area (Å²) in [7, 11) is 7.02. The van der Waals surface area contributed by atoms with Gasteiger partial charge in [0.1, 0.15) is 37.4 Å². The lowest BCUT2D eigenvalue weighted by molar-refractivity contribution is 0.254. The summed E-state index contributed by atoms with van der Waals surface area (Å²) in [5.41, 5.74) is 6.59. The topological polar surface area (TPSA) is 112 Å². The van der Waals surface area contributed by atoms with Crippen LogP contribution in [0, 0.1) is 45.5 Å². The number of nitrogens with one attached hydrogen (secondary N) is 4. The van der Waals surface area contributed by atoms with E-state index in [0.29, 0.717) is 45.6 Å². The molecule has 1 unspecified atom stereocenters. The number of hydrogen-bond acceptors (Lipinski definition) is 8. The number of hydrogen-bond donors (Lipinski definition) is 4. The van der Waals surface area contributed by atoms with Gasteiger partial charge in [0.05, 0.1) is 40.0 Å². The average molecular weight is 592 g/mol. The van der Waals surface area contributed by atoms with Crippen LogP contribution in [0.5, 0.6) is 0 Å². The van der Waals surface area contributed by atoms with E-state index in [-0.39, 0.29) is 23.1 Å². The Morgan fingerprint density at radius 3 is 2.30 bits per heavy atom. The minimum absolute atomic E-state index is 0.115. The molecule has 4 aromatic rings. The number of benzene rings is 3. The summed E-state index contributed by atoms with van der Waals surface area (Å²) in [6.07, 6.45) is 2.97. The van der Waals surface area contributed by atoms with Gasteiger partial charge < -0.3 is 16.1 Å². The SMILES string of the molecule is [B]C(Nc1cc(C#N)c2ncc(C#N)c(NCC(C)(C)C)c2c1)(C1=CN(Cc2c(F)cccc2F)NN1)c1ccc(F)cc1. The summed E-state index contributed by atoms with van der Waals surface area (Å²) in [4.78, 5) is 4.39. The Balaban J connectivity index is 1.60. The van der Waals surface area contributed by atoms with E-state index in [4.69, 9.17) is 7.85 Å². The van der Waals surface area contributed by atoms with Crippen molar-refractivity contribution in [3.05, 3.63) is 112 Å². The predicted molar refractivity (Wildman–Crippen MR) is 163 cm³/mol. The quantitative estimate of drug-likeness (QED) is 0.194. The van der Waals surface area contributed by atoms with E-state index in [1.54, 1.807) is 18.3 Å². The number of rotatable bonds is 8. The third kappa shape index (κ3) is 6.12. The zero-order valence-corrected chi connectivity index (χ0v) is 24.3. The van der Waals surface area contributed by atoms with E-state index in [0.717, 1.165) is 0 Å². The average Bonchev–Trinajstić information content (AvgIpc) is 3.46. The summed E-state index contributed by atoms with van der Waals surface area (Å²) < 4.78 is 42.7. The number of anilines is 2. The number of halogens is 3. The summed E-state index contributed by atoms with van der Waals surface area (Å²) in [5, 5.41) is 28.4. The molecule has 5 rings (SSSR count). The van der Waals surface area contributed by atoms with Gasteiger partial charge in [-0.2, -0.15) is 10.5 Å². The second-order valence-corrected chi connectivity index (χ2v) is 11.7. The summed E-state index contributed by atoms with van der Waals surface area (Å²) in [6.45, 7) is 6.52. The molecule has 44 heavy (non-hydrogen) atoms. The summed E-state index contributed by atoms with van der Waals surface area (Å²) in [5.74, 6) is -1.88. The Bertz CT molecular complexity index is 1820. The van der Waals surface area contributed by atoms with Gasteiger partial charge in [-0.1, -0.05) is 39.0 Å². The van der Waals surface area contributed by atoms with Crippen molar-refractivity contribution in [3.8, 4) is 12.1 Å². The molecule has 0 amide bonds. The van der Waals surface area contributed by atoms with Crippen LogP contribution in [-0.4, -0.2) is 24.4 Å². The van der Waals surface area contributed by atoms with E-state index in [9.17, 15) is 23.7 Å². The molecule has 1 atom stereocenters. The maximum atomic E-state index is 14.4. The van der Waals surface area contributed by atoms with Gasteiger partial charge in [0.2, 0.25) is 0 Å². The van der Waals surface area contributed by atoms with Crippen molar-refractivity contribution in [2.45, 2.75) is 32.8 Å². The Morgan fingerprint density at radius 2 is 1.66 bits per heavy atom. The highest BCUT2D eigenvalue weighted by molar-refractivity contribution is 6.19. The number of fused-ring (bicyclic) bond motifs is 1. The largest absolute Gasteiger partial charge is 0.383 e. The first-order chi connectivity index (χ1) is 20.9. The van der Waals surface area contributed by atoms with Crippen molar-refractivity contribution >= 4 is 30.1 Å². The van der Waals surface area contributed by atoms with Gasteiger partial charge in [0, 0.05) is 35.6 Å². The molecule has 0 spiro atoms. The van der Waals surface area contributed by atoms with Gasteiger partial charge in [-0.15, -0.1) is 5.53 Å². The second kappa shape index (κ2) is 11.8. The number of pyridine rings is 1. The van der Waals surface area contributed by atoms with E-state index in [2.05, 4.69) is 59.5 Å². The highest BCUT2D eigenvalue weighted by Gasteiger charge is 2.35. The van der Waals surface area contributed by atoms with Crippen LogP contribution in [0.3, 0.4) is 0 Å². The lowest BCUT2D eigenvalue weighted by Crippen LogP contribution is -2.45. The zero-order chi connectivity index (χ0) is 31.6. The number of nitrogens with zero attached hydrogens (tertiary/aromatic N) is 4. The molecule has 2 heterocycles. The molecule has 0 saturated carbocycles. The predicted octanol–water partition coefficient (Wildman–Crippen LogP) is 5.65. The molecule has 2 radical (unpaired) electrons. The van der Waals surface area contributed by atoms with Crippen LogP contribution in [0.1, 0.15) is 43.0 Å². The maximum absolute atomic E-state index is 14.4. The molecule has 0 fully saturated rings. The monoisotopic (exact) mass is 592 g/mol. The van der Waals surface area contributed by atoms with Gasteiger partial charge >= 0.3 is 0 Å². The third-order valence-corrected chi connectivity index (χ3v) is 7.08. The molecule has 3 aromatic carbocycles. The molecule has 0 bridgehead atoms. The first kappa shape index (κ1) is 30.3. The highest BCUT2D eigenvalue weighted by atomic mass is 19.1. The fourth-order valence-corrected chi connectivity index (χ4v) is 4.82. The summed E-state index contributed by atoms with van der Waals surface area (Å²) in [6, 6.07) is 16.8. The number of nitriles is 2. The van der Waals surface area contributed by atoms with Crippen LogP contribution in [0.15, 0.2) is 72.7 Å². The van der Waals surface area contributed by atoms with E-state index in [1.807, 2.05) is 0 Å². The van der Waals surface area contributed by atoms with Crippen LogP contribution in [0.4, 0.5) is 24.5 Å². The zero-order valence-electron chi connectivity index (χ0n) is 24.3. The van der Waals surface area contributed by atoms with Crippen LogP contribution in [0.25, 0.3) is 10.9 Å². The standard InChI is InChI=1S/C32H28BF3N8/c1-31(2,3)18-40-30-20(14-38)15-39-29-19(13-37)11-23(12-24(29)30)41-32(33,21-7-9-22(34)10-8-21)28-17-44(43-42-28)16-25-26(35)5-4-6-27(25)36/h4-12,15,17,41-43H,16,18H2,1-3H3,(H,39,40). The normalized spacial score (nSPS) is 14.3. The Labute approximate surface area is 254 Å². The smallest absolute Gasteiger partial charge is 0.131 e. The van der Waals surface area contributed by atoms with Gasteiger partial charge in [-0.05, 0) is 47.4 Å². The lowest BCUT2D eigenvalue weighted by Gasteiger charge is -2.34. The van der Waals surface area contributed by atoms with E-state index < -0.39 is 22.9 Å². The number of aromatic nitrogens is 1. The molecule has 4 N–H and O–H groups in total. The minimum Gasteiger partial charge on any atom is -0.383 e. The van der Waals surface area contributed by atoms with Crippen molar-refractivity contribution in [1.82, 2.24) is 21.0 Å². The molecule has 1 aliphatic rings. The Hall–Kier alpha value is -5.20. The fourth-order valence-electron chi connectivity index (χ4n) is 4.82. The second-order valence-electron chi connectivity index (χ2n) is 11.7. The van der Waals surface area contributed by atoms with Gasteiger partial charge in [-0.25, -0.2) is 13.2 Å². The van der Waals surface area contributed by atoms with Gasteiger partial charge in [-0.3, -0.25) is 9.99 Å². The molecule has 1 aromatic heterocycles. The lowest BCUT2D eigenvalue weighted by atomic mass is 9.69. The minimum atomic E-state index is -1.57. The van der Waals surface area contributed by atoms with Crippen LogP contribution >= 0.6 is 0 Å². The Kier molecular flexibility index (Phi) is 8.14. The van der Waals surface area contributed by atoms with E-state index in [1.165, 1.54) is 53.7 Å². The van der Waals surface area contributed by atoms with Crippen molar-refractivity contribution in [1.29, 1.82) is 10.5 Å². The van der Waals surface area contributed by atoms with Gasteiger partial charge in [0.15, 0.2) is 0 Å². The molecule has 0 aliphatic carbocycles. The van der Waals surface area contributed by atoms with Crippen molar-refractivity contribution in [2.24, 2.45) is 5.41 Å². The number of hydrazine groups is 2. The molecule has 8 nitrogen and oxygen atoms in total. The van der Waals surface area contributed by atoms with E-state index >= 15 is 0 Å². The molecule has 1 aliphatic heterocycles. The summed E-state index contributed by atoms with van der Waals surface area (Å²) >= 11 is 0. The van der Waals surface area contributed by atoms with Crippen LogP contribution in [0.2, 0.25) is 0 Å². The molecular formula is C32H28BF3N8. The highest BCUT2D eigenvalue weighted by Crippen LogP contribution is 2.36. The van der Waals surface area contributed by atoms with Crippen molar-refractivity contribution < 1.29 is 13.2 Å². The fraction of sp³-hybridized carbons (Fsp3) is 0.219. The molecular weight excluding hydrogens is 564 g/mol. The van der Waals surface area contributed by atoms with Crippen molar-refractivity contribution in [3.63, 3.8) is 0 Å². The third-order valence-electron chi connectivity index (χ3n) is 7.08. The molecule has 12 heteroatoms. The Morgan fingerprint density at radius 1 is 0.977 bits per heavy atom.